The van der Waals surface area contributed by atoms with Crippen LogP contribution in [-0.4, -0.2) is 5.97 Å². The Bertz CT molecular complexity index is 445. The van der Waals surface area contributed by atoms with Crippen LogP contribution >= 0.6 is 0 Å². The Balaban J connectivity index is 2.01. The molecule has 2 rings (SSSR count). The molecule has 21 heavy (non-hydrogen) atoms. The van der Waals surface area contributed by atoms with Gasteiger partial charge in [-0.3, -0.25) is 4.79 Å². The van der Waals surface area contributed by atoms with Gasteiger partial charge in [-0.25, -0.2) is 0 Å². The van der Waals surface area contributed by atoms with Crippen molar-refractivity contribution in [2.75, 3.05) is 0 Å². The van der Waals surface area contributed by atoms with Crippen molar-refractivity contribution in [3.05, 3.63) is 29.8 Å². The van der Waals surface area contributed by atoms with E-state index in [1.54, 1.807) is 0 Å². The minimum atomic E-state index is -0.107. The zero-order chi connectivity index (χ0) is 15.1. The molecule has 0 saturated heterocycles. The largest absolute Gasteiger partial charge is 0.426 e. The van der Waals surface area contributed by atoms with E-state index in [-0.39, 0.29) is 5.97 Å². The molecule has 0 atom stereocenters. The third kappa shape index (κ3) is 4.59. The lowest BCUT2D eigenvalue weighted by molar-refractivity contribution is -0.134. The molecule has 2 nitrogen and oxygen atoms in total. The van der Waals surface area contributed by atoms with Crippen molar-refractivity contribution in [1.82, 2.24) is 0 Å². The van der Waals surface area contributed by atoms with Crippen molar-refractivity contribution in [3.8, 4) is 5.75 Å². The number of hydrogen-bond acceptors (Lipinski definition) is 2. The molecule has 0 aliphatic heterocycles. The normalized spacial score (nSPS) is 22.0. The Morgan fingerprint density at radius 2 is 1.81 bits per heavy atom. The van der Waals surface area contributed by atoms with Gasteiger partial charge in [0.25, 0.3) is 0 Å². The molecule has 0 amide bonds. The predicted molar refractivity (Wildman–Crippen MR) is 86.6 cm³/mol. The first-order valence-corrected chi connectivity index (χ1v) is 8.54. The highest BCUT2D eigenvalue weighted by molar-refractivity contribution is 5.72. The summed E-state index contributed by atoms with van der Waals surface area (Å²) in [6.07, 6.45) is 9.08. The number of para-hydroxylation sites is 1. The van der Waals surface area contributed by atoms with Crippen LogP contribution in [0.2, 0.25) is 0 Å². The predicted octanol–water partition coefficient (Wildman–Crippen LogP) is 5.47. The average Bonchev–Trinajstić information content (AvgIpc) is 2.49. The molecule has 0 aromatic heterocycles. The summed E-state index contributed by atoms with van der Waals surface area (Å²) in [5, 5.41) is 0. The first kappa shape index (κ1) is 16.1. The van der Waals surface area contributed by atoms with Crippen LogP contribution in [0.3, 0.4) is 0 Å². The van der Waals surface area contributed by atoms with E-state index < -0.39 is 0 Å². The summed E-state index contributed by atoms with van der Waals surface area (Å²) in [6, 6.07) is 8.10. The van der Waals surface area contributed by atoms with E-state index in [1.807, 2.05) is 19.1 Å². The number of rotatable bonds is 6. The quantitative estimate of drug-likeness (QED) is 0.513. The number of ether oxygens (including phenoxy) is 1. The van der Waals surface area contributed by atoms with E-state index in [1.165, 1.54) is 44.1 Å². The zero-order valence-corrected chi connectivity index (χ0v) is 13.4. The van der Waals surface area contributed by atoms with Gasteiger partial charge in [-0.05, 0) is 55.6 Å². The maximum Gasteiger partial charge on any atom is 0.311 e. The first-order chi connectivity index (χ1) is 10.2. The Labute approximate surface area is 128 Å². The molecule has 116 valence electrons. The Hall–Kier alpha value is -1.31. The summed E-state index contributed by atoms with van der Waals surface area (Å²) >= 11 is 0. The van der Waals surface area contributed by atoms with Crippen LogP contribution in [-0.2, 0) is 4.79 Å². The van der Waals surface area contributed by atoms with E-state index in [0.717, 1.165) is 18.1 Å². The van der Waals surface area contributed by atoms with Gasteiger partial charge in [0.15, 0.2) is 0 Å². The smallest absolute Gasteiger partial charge is 0.311 e. The lowest BCUT2D eigenvalue weighted by Gasteiger charge is -2.29. The second kappa shape index (κ2) is 8.21. The number of carbonyl (C=O) groups is 1. The summed E-state index contributed by atoms with van der Waals surface area (Å²) in [5.41, 5.74) is 1.23. The van der Waals surface area contributed by atoms with Gasteiger partial charge in [-0.2, -0.15) is 0 Å². The van der Waals surface area contributed by atoms with Crippen LogP contribution in [0.15, 0.2) is 24.3 Å². The fraction of sp³-hybridized carbons (Fsp3) is 0.632. The lowest BCUT2D eigenvalue weighted by atomic mass is 9.77. The van der Waals surface area contributed by atoms with Gasteiger partial charge in [0.1, 0.15) is 5.75 Å². The minimum absolute atomic E-state index is 0.107. The van der Waals surface area contributed by atoms with Crippen LogP contribution in [0.1, 0.15) is 76.7 Å². The van der Waals surface area contributed by atoms with Gasteiger partial charge in [-0.15, -0.1) is 0 Å². The fourth-order valence-electron chi connectivity index (χ4n) is 3.46. The molecule has 1 saturated carbocycles. The molecule has 1 aromatic rings. The minimum Gasteiger partial charge on any atom is -0.426 e. The molecular weight excluding hydrogens is 260 g/mol. The molecular formula is C19H28O2. The van der Waals surface area contributed by atoms with Crippen LogP contribution < -0.4 is 4.74 Å². The first-order valence-electron chi connectivity index (χ1n) is 8.54. The van der Waals surface area contributed by atoms with Crippen molar-refractivity contribution in [2.45, 2.75) is 71.1 Å². The van der Waals surface area contributed by atoms with Crippen molar-refractivity contribution in [2.24, 2.45) is 5.92 Å². The SMILES string of the molecule is CCCC(=O)Oc1ccccc1C1CCC(CCC)CC1. The second-order valence-corrected chi connectivity index (χ2v) is 6.27. The zero-order valence-electron chi connectivity index (χ0n) is 13.4. The Kier molecular flexibility index (Phi) is 6.28. The van der Waals surface area contributed by atoms with Gasteiger partial charge < -0.3 is 4.74 Å². The van der Waals surface area contributed by atoms with Gasteiger partial charge >= 0.3 is 5.97 Å². The van der Waals surface area contributed by atoms with E-state index in [0.29, 0.717) is 12.3 Å². The van der Waals surface area contributed by atoms with E-state index in [2.05, 4.69) is 19.1 Å². The lowest BCUT2D eigenvalue weighted by Crippen LogP contribution is -2.15. The summed E-state index contributed by atoms with van der Waals surface area (Å²) in [5.74, 6) is 2.14. The standard InChI is InChI=1S/C19H28O2/c1-3-7-15-11-13-16(14-12-15)17-9-5-6-10-18(17)21-19(20)8-4-2/h5-6,9-10,15-16H,3-4,7-8,11-14H2,1-2H3. The molecule has 1 aromatic carbocycles. The van der Waals surface area contributed by atoms with Crippen molar-refractivity contribution >= 4 is 5.97 Å². The van der Waals surface area contributed by atoms with Gasteiger partial charge in [0.05, 0.1) is 0 Å². The second-order valence-electron chi connectivity index (χ2n) is 6.27. The van der Waals surface area contributed by atoms with Crippen molar-refractivity contribution in [1.29, 1.82) is 0 Å². The molecule has 0 heterocycles. The number of benzene rings is 1. The molecule has 1 aliphatic carbocycles. The third-order valence-electron chi connectivity index (χ3n) is 4.58. The molecule has 0 spiro atoms. The third-order valence-corrected chi connectivity index (χ3v) is 4.58. The maximum absolute atomic E-state index is 11.8. The van der Waals surface area contributed by atoms with Crippen LogP contribution in [0.25, 0.3) is 0 Å². The van der Waals surface area contributed by atoms with Gasteiger partial charge in [-0.1, -0.05) is 44.9 Å². The van der Waals surface area contributed by atoms with Crippen molar-refractivity contribution in [3.63, 3.8) is 0 Å². The molecule has 1 aliphatic rings. The molecule has 0 radical (unpaired) electrons. The summed E-state index contributed by atoms with van der Waals surface area (Å²) in [4.78, 5) is 11.8. The molecule has 0 bridgehead atoms. The molecule has 0 unspecified atom stereocenters. The fourth-order valence-corrected chi connectivity index (χ4v) is 3.46. The Morgan fingerprint density at radius 3 is 2.48 bits per heavy atom. The summed E-state index contributed by atoms with van der Waals surface area (Å²) in [7, 11) is 0. The Morgan fingerprint density at radius 1 is 1.10 bits per heavy atom. The van der Waals surface area contributed by atoms with Crippen LogP contribution in [0.4, 0.5) is 0 Å². The molecule has 2 heteroatoms. The highest BCUT2D eigenvalue weighted by atomic mass is 16.5. The van der Waals surface area contributed by atoms with Gasteiger partial charge in [0, 0.05) is 6.42 Å². The van der Waals surface area contributed by atoms with Crippen molar-refractivity contribution < 1.29 is 9.53 Å². The van der Waals surface area contributed by atoms with Crippen LogP contribution in [0.5, 0.6) is 5.75 Å². The number of esters is 1. The number of hydrogen-bond donors (Lipinski definition) is 0. The monoisotopic (exact) mass is 288 g/mol. The van der Waals surface area contributed by atoms with E-state index in [4.69, 9.17) is 4.74 Å². The van der Waals surface area contributed by atoms with Crippen LogP contribution in [0, 0.1) is 5.92 Å². The van der Waals surface area contributed by atoms with E-state index in [9.17, 15) is 4.79 Å². The van der Waals surface area contributed by atoms with E-state index >= 15 is 0 Å². The highest BCUT2D eigenvalue weighted by Gasteiger charge is 2.24. The molecule has 1 fully saturated rings. The topological polar surface area (TPSA) is 26.3 Å². The summed E-state index contributed by atoms with van der Waals surface area (Å²) in [6.45, 7) is 4.27. The van der Waals surface area contributed by atoms with Gasteiger partial charge in [0.2, 0.25) is 0 Å². The molecule has 0 N–H and O–H groups in total. The highest BCUT2D eigenvalue weighted by Crippen LogP contribution is 2.40. The maximum atomic E-state index is 11.8. The summed E-state index contributed by atoms with van der Waals surface area (Å²) < 4.78 is 5.57. The number of carbonyl (C=O) groups excluding carboxylic acids is 1. The average molecular weight is 288 g/mol.